The molecule has 0 saturated carbocycles. The van der Waals surface area contributed by atoms with Crippen LogP contribution in [0.3, 0.4) is 0 Å². The lowest BCUT2D eigenvalue weighted by molar-refractivity contribution is 0.200. The van der Waals surface area contributed by atoms with Crippen molar-refractivity contribution in [1.82, 2.24) is 10.2 Å². The third-order valence-electron chi connectivity index (χ3n) is 4.87. The van der Waals surface area contributed by atoms with Crippen LogP contribution in [0.25, 0.3) is 0 Å². The van der Waals surface area contributed by atoms with Gasteiger partial charge in [-0.15, -0.1) is 0 Å². The maximum atomic E-state index is 11.8. The fourth-order valence-corrected chi connectivity index (χ4v) is 3.51. The molecule has 1 aliphatic heterocycles. The summed E-state index contributed by atoms with van der Waals surface area (Å²) >= 11 is 0. The number of ether oxygens (including phenoxy) is 1. The highest BCUT2D eigenvalue weighted by molar-refractivity contribution is 5.70. The Labute approximate surface area is 140 Å². The number of amides is 1. The zero-order valence-electron chi connectivity index (χ0n) is 14.7. The highest BCUT2D eigenvalue weighted by Crippen LogP contribution is 2.37. The van der Waals surface area contributed by atoms with Gasteiger partial charge in [-0.3, -0.25) is 0 Å². The van der Waals surface area contributed by atoms with Crippen LogP contribution in [0.5, 0.6) is 5.75 Å². The van der Waals surface area contributed by atoms with Gasteiger partial charge < -0.3 is 15.0 Å². The molecule has 4 heteroatoms. The summed E-state index contributed by atoms with van der Waals surface area (Å²) in [4.78, 5) is 14.2. The van der Waals surface area contributed by atoms with Crippen LogP contribution in [0.4, 0.5) is 4.79 Å². The lowest BCUT2D eigenvalue weighted by Crippen LogP contribution is -2.37. The predicted octanol–water partition coefficient (Wildman–Crippen LogP) is 3.95. The fourth-order valence-electron chi connectivity index (χ4n) is 3.51. The maximum Gasteiger partial charge on any atom is 0.412 e. The molecule has 1 aliphatic rings. The number of likely N-dealkylation sites (N-methyl/N-ethyl adjacent to an activating group) is 1. The Morgan fingerprint density at radius 3 is 2.91 bits per heavy atom. The molecule has 2 rings (SSSR count). The van der Waals surface area contributed by atoms with Crippen molar-refractivity contribution < 1.29 is 9.53 Å². The summed E-state index contributed by atoms with van der Waals surface area (Å²) in [5.74, 6) is 0.635. The smallest absolute Gasteiger partial charge is 0.410 e. The second-order valence-corrected chi connectivity index (χ2v) is 6.67. The van der Waals surface area contributed by atoms with E-state index in [0.717, 1.165) is 25.9 Å². The van der Waals surface area contributed by atoms with Gasteiger partial charge in [0.2, 0.25) is 0 Å². The molecule has 1 aromatic rings. The van der Waals surface area contributed by atoms with Crippen molar-refractivity contribution in [3.63, 3.8) is 0 Å². The molecule has 4 nitrogen and oxygen atoms in total. The Morgan fingerprint density at radius 2 is 2.17 bits per heavy atom. The largest absolute Gasteiger partial charge is 0.412 e. The van der Waals surface area contributed by atoms with Crippen LogP contribution in [0, 0.1) is 0 Å². The van der Waals surface area contributed by atoms with Crippen LogP contribution in [-0.2, 0) is 5.41 Å². The van der Waals surface area contributed by atoms with Crippen LogP contribution < -0.4 is 10.1 Å². The lowest BCUT2D eigenvalue weighted by Gasteiger charge is -2.35. The molecule has 128 valence electrons. The van der Waals surface area contributed by atoms with Gasteiger partial charge >= 0.3 is 6.09 Å². The second kappa shape index (κ2) is 8.34. The molecule has 0 radical (unpaired) electrons. The van der Waals surface area contributed by atoms with Crippen molar-refractivity contribution >= 4 is 6.09 Å². The summed E-state index contributed by atoms with van der Waals surface area (Å²) in [5, 5.41) is 2.75. The van der Waals surface area contributed by atoms with Gasteiger partial charge in [0.15, 0.2) is 0 Å². The summed E-state index contributed by atoms with van der Waals surface area (Å²) in [6.07, 6.45) is 5.34. The van der Waals surface area contributed by atoms with E-state index in [4.69, 9.17) is 4.74 Å². The minimum Gasteiger partial charge on any atom is -0.410 e. The van der Waals surface area contributed by atoms with Gasteiger partial charge in [0.25, 0.3) is 0 Å². The number of carbonyl (C=O) groups excluding carboxylic acids is 1. The first kappa shape index (κ1) is 17.8. The Morgan fingerprint density at radius 1 is 1.35 bits per heavy atom. The number of benzene rings is 1. The standard InChI is InChI=1S/C19H30N2O2/c1-4-12-20-18(22)23-17-10-8-9-16(14-17)19(5-2)11-6-7-13-21(3)15-19/h8-10,14H,4-7,11-13,15H2,1-3H3,(H,20,22). The van der Waals surface area contributed by atoms with Gasteiger partial charge in [-0.2, -0.15) is 0 Å². The molecule has 23 heavy (non-hydrogen) atoms. The van der Waals surface area contributed by atoms with Crippen LogP contribution in [0.15, 0.2) is 24.3 Å². The molecule has 1 saturated heterocycles. The summed E-state index contributed by atoms with van der Waals surface area (Å²) in [6.45, 7) is 7.16. The van der Waals surface area contributed by atoms with E-state index < -0.39 is 0 Å². The minimum atomic E-state index is -0.368. The third-order valence-corrected chi connectivity index (χ3v) is 4.87. The minimum absolute atomic E-state index is 0.157. The normalized spacial score (nSPS) is 22.4. The van der Waals surface area contributed by atoms with E-state index in [9.17, 15) is 4.79 Å². The fraction of sp³-hybridized carbons (Fsp3) is 0.632. The molecular formula is C19H30N2O2. The number of hydrogen-bond donors (Lipinski definition) is 1. The average molecular weight is 318 g/mol. The molecule has 1 heterocycles. The number of nitrogens with zero attached hydrogens (tertiary/aromatic N) is 1. The van der Waals surface area contributed by atoms with Crippen molar-refractivity contribution in [1.29, 1.82) is 0 Å². The van der Waals surface area contributed by atoms with E-state index in [1.54, 1.807) is 0 Å². The van der Waals surface area contributed by atoms with Crippen molar-refractivity contribution in [3.05, 3.63) is 29.8 Å². The molecule has 1 atom stereocenters. The quantitative estimate of drug-likeness (QED) is 0.894. The number of rotatable bonds is 5. The molecule has 0 bridgehead atoms. The van der Waals surface area contributed by atoms with E-state index in [-0.39, 0.29) is 11.5 Å². The first-order valence-electron chi connectivity index (χ1n) is 8.84. The third kappa shape index (κ3) is 4.71. The zero-order chi connectivity index (χ0) is 16.7. The second-order valence-electron chi connectivity index (χ2n) is 6.67. The molecule has 0 aliphatic carbocycles. The van der Waals surface area contributed by atoms with Crippen LogP contribution >= 0.6 is 0 Å². The van der Waals surface area contributed by atoms with Gasteiger partial charge in [0.05, 0.1) is 0 Å². The molecule has 1 unspecified atom stereocenters. The van der Waals surface area contributed by atoms with Crippen molar-refractivity contribution in [3.8, 4) is 5.75 Å². The van der Waals surface area contributed by atoms with Gasteiger partial charge in [0.1, 0.15) is 5.75 Å². The highest BCUT2D eigenvalue weighted by Gasteiger charge is 2.33. The zero-order valence-corrected chi connectivity index (χ0v) is 14.7. The summed E-state index contributed by atoms with van der Waals surface area (Å²) in [5.41, 5.74) is 1.44. The Hall–Kier alpha value is -1.55. The van der Waals surface area contributed by atoms with Crippen LogP contribution in [0.1, 0.15) is 51.5 Å². The summed E-state index contributed by atoms with van der Waals surface area (Å²) < 4.78 is 5.43. The molecule has 1 fully saturated rings. The molecule has 1 N–H and O–H groups in total. The molecule has 0 spiro atoms. The van der Waals surface area contributed by atoms with Gasteiger partial charge in [-0.1, -0.05) is 32.4 Å². The maximum absolute atomic E-state index is 11.8. The first-order valence-corrected chi connectivity index (χ1v) is 8.84. The predicted molar refractivity (Wildman–Crippen MR) is 94.1 cm³/mol. The number of hydrogen-bond acceptors (Lipinski definition) is 3. The van der Waals surface area contributed by atoms with E-state index in [0.29, 0.717) is 12.3 Å². The highest BCUT2D eigenvalue weighted by atomic mass is 16.6. The topological polar surface area (TPSA) is 41.6 Å². The summed E-state index contributed by atoms with van der Waals surface area (Å²) in [6, 6.07) is 8.09. The van der Waals surface area contributed by atoms with E-state index >= 15 is 0 Å². The van der Waals surface area contributed by atoms with E-state index in [1.165, 1.54) is 24.8 Å². The molecule has 1 amide bonds. The SMILES string of the molecule is CCCNC(=O)Oc1cccc(C2(CC)CCCCN(C)C2)c1. The van der Waals surface area contributed by atoms with Crippen molar-refractivity contribution in [2.24, 2.45) is 0 Å². The monoisotopic (exact) mass is 318 g/mol. The van der Waals surface area contributed by atoms with Crippen LogP contribution in [-0.4, -0.2) is 37.7 Å². The lowest BCUT2D eigenvalue weighted by atomic mass is 9.74. The van der Waals surface area contributed by atoms with E-state index in [1.807, 2.05) is 25.1 Å². The number of carbonyl (C=O) groups is 1. The Bertz CT molecular complexity index is 518. The molecule has 0 aromatic heterocycles. The van der Waals surface area contributed by atoms with Gasteiger partial charge in [-0.25, -0.2) is 4.79 Å². The van der Waals surface area contributed by atoms with Crippen molar-refractivity contribution in [2.45, 2.75) is 51.4 Å². The molecule has 1 aromatic carbocycles. The Balaban J connectivity index is 2.17. The number of likely N-dealkylation sites (tertiary alicyclic amines) is 1. The Kier molecular flexibility index (Phi) is 6.46. The number of nitrogens with one attached hydrogen (secondary N) is 1. The first-order chi connectivity index (χ1) is 11.1. The van der Waals surface area contributed by atoms with Gasteiger partial charge in [0, 0.05) is 18.5 Å². The summed E-state index contributed by atoms with van der Waals surface area (Å²) in [7, 11) is 2.20. The van der Waals surface area contributed by atoms with Crippen molar-refractivity contribution in [2.75, 3.05) is 26.7 Å². The van der Waals surface area contributed by atoms with Crippen LogP contribution in [0.2, 0.25) is 0 Å². The van der Waals surface area contributed by atoms with Gasteiger partial charge in [-0.05, 0) is 57.0 Å². The van der Waals surface area contributed by atoms with E-state index in [2.05, 4.69) is 30.3 Å². The average Bonchev–Trinajstić information content (AvgIpc) is 2.75. The molecular weight excluding hydrogens is 288 g/mol.